The maximum Gasteiger partial charge on any atom is 0.305 e. The molecule has 0 aliphatic heterocycles. The zero-order valence-corrected chi connectivity index (χ0v) is 49.4. The lowest BCUT2D eigenvalue weighted by Crippen LogP contribution is -2.45. The Hall–Kier alpha value is -1.66. The summed E-state index contributed by atoms with van der Waals surface area (Å²) < 4.78 is 5.49. The molecule has 0 bridgehead atoms. The van der Waals surface area contributed by atoms with Crippen LogP contribution in [0, 0.1) is 0 Å². The van der Waals surface area contributed by atoms with E-state index < -0.39 is 12.1 Å². The van der Waals surface area contributed by atoms with Crippen molar-refractivity contribution in [3.05, 3.63) is 24.3 Å². The van der Waals surface area contributed by atoms with E-state index in [0.29, 0.717) is 19.4 Å². The molecule has 73 heavy (non-hydrogen) atoms. The quantitative estimate of drug-likeness (QED) is 0.0320. The molecule has 0 saturated heterocycles. The summed E-state index contributed by atoms with van der Waals surface area (Å²) in [6, 6.07) is -0.631. The SMILES string of the molecule is CCCCCCCC/C=C\CCCCCCCCCC(=O)OCCCCCCCCCCCCCCCCCCCCCC(=O)NC(CO)C(O)/C=C/CCCCCCCCCCCCCCCCCCCC. The number of aliphatic hydroxyl groups is 2. The van der Waals surface area contributed by atoms with Crippen molar-refractivity contribution in [2.75, 3.05) is 13.2 Å². The third-order valence-corrected chi connectivity index (χ3v) is 15.5. The lowest BCUT2D eigenvalue weighted by atomic mass is 10.0. The normalized spacial score (nSPS) is 12.7. The smallest absolute Gasteiger partial charge is 0.305 e. The second-order valence-electron chi connectivity index (χ2n) is 22.8. The van der Waals surface area contributed by atoms with Crippen LogP contribution < -0.4 is 5.32 Å². The Kier molecular flexibility index (Phi) is 61.4. The molecule has 0 fully saturated rings. The highest BCUT2D eigenvalue weighted by Crippen LogP contribution is 2.18. The van der Waals surface area contributed by atoms with Crippen LogP contribution in [0.1, 0.15) is 367 Å². The van der Waals surface area contributed by atoms with Crippen molar-refractivity contribution in [3.8, 4) is 0 Å². The van der Waals surface area contributed by atoms with Crippen molar-refractivity contribution in [2.45, 2.75) is 379 Å². The highest BCUT2D eigenvalue weighted by molar-refractivity contribution is 5.76. The molecule has 0 aromatic heterocycles. The van der Waals surface area contributed by atoms with Gasteiger partial charge in [-0.05, 0) is 57.8 Å². The average Bonchev–Trinajstić information content (AvgIpc) is 3.39. The summed E-state index contributed by atoms with van der Waals surface area (Å²) >= 11 is 0. The van der Waals surface area contributed by atoms with Gasteiger partial charge < -0.3 is 20.3 Å². The maximum absolute atomic E-state index is 12.5. The van der Waals surface area contributed by atoms with Crippen molar-refractivity contribution in [3.63, 3.8) is 0 Å². The lowest BCUT2D eigenvalue weighted by Gasteiger charge is -2.20. The number of carbonyl (C=O) groups excluding carboxylic acids is 2. The minimum Gasteiger partial charge on any atom is -0.466 e. The predicted molar refractivity (Wildman–Crippen MR) is 320 cm³/mol. The Bertz CT molecular complexity index is 1140. The molecule has 0 aliphatic rings. The van der Waals surface area contributed by atoms with E-state index in [4.69, 9.17) is 4.74 Å². The van der Waals surface area contributed by atoms with Gasteiger partial charge in [0.2, 0.25) is 5.91 Å². The number of hydrogen-bond acceptors (Lipinski definition) is 5. The number of allylic oxidation sites excluding steroid dienone is 3. The fourth-order valence-corrected chi connectivity index (χ4v) is 10.4. The largest absolute Gasteiger partial charge is 0.466 e. The fraction of sp³-hybridized carbons (Fsp3) is 0.910. The molecule has 1 amide bonds. The molecule has 0 aromatic carbocycles. The summed E-state index contributed by atoms with van der Waals surface area (Å²) in [5.74, 6) is -0.0617. The molecule has 6 nitrogen and oxygen atoms in total. The molecule has 3 N–H and O–H groups in total. The van der Waals surface area contributed by atoms with Gasteiger partial charge in [0.25, 0.3) is 0 Å². The summed E-state index contributed by atoms with van der Waals surface area (Å²) in [6.07, 6.45) is 78.0. The first-order valence-corrected chi connectivity index (χ1v) is 33.1. The second kappa shape index (κ2) is 62.9. The van der Waals surface area contributed by atoms with Crippen LogP contribution in [-0.2, 0) is 14.3 Å². The zero-order valence-electron chi connectivity index (χ0n) is 49.4. The van der Waals surface area contributed by atoms with Crippen LogP contribution in [0.15, 0.2) is 24.3 Å². The Morgan fingerprint density at radius 3 is 0.973 bits per heavy atom. The van der Waals surface area contributed by atoms with Crippen LogP contribution in [0.2, 0.25) is 0 Å². The van der Waals surface area contributed by atoms with Crippen LogP contribution in [0.4, 0.5) is 0 Å². The van der Waals surface area contributed by atoms with E-state index in [9.17, 15) is 19.8 Å². The third-order valence-electron chi connectivity index (χ3n) is 15.5. The van der Waals surface area contributed by atoms with Crippen LogP contribution in [-0.4, -0.2) is 47.4 Å². The van der Waals surface area contributed by atoms with Gasteiger partial charge in [-0.3, -0.25) is 9.59 Å². The highest BCUT2D eigenvalue weighted by atomic mass is 16.5. The summed E-state index contributed by atoms with van der Waals surface area (Å²) in [5, 5.41) is 23.2. The van der Waals surface area contributed by atoms with Gasteiger partial charge in [0.15, 0.2) is 0 Å². The van der Waals surface area contributed by atoms with Crippen molar-refractivity contribution in [2.24, 2.45) is 0 Å². The molecule has 0 saturated carbocycles. The average molecular weight is 1030 g/mol. The van der Waals surface area contributed by atoms with E-state index in [1.165, 1.54) is 295 Å². The van der Waals surface area contributed by atoms with E-state index in [1.807, 2.05) is 6.08 Å². The van der Waals surface area contributed by atoms with Crippen LogP contribution in [0.25, 0.3) is 0 Å². The highest BCUT2D eigenvalue weighted by Gasteiger charge is 2.18. The van der Waals surface area contributed by atoms with Crippen molar-refractivity contribution in [1.29, 1.82) is 0 Å². The summed E-state index contributed by atoms with van der Waals surface area (Å²) in [4.78, 5) is 24.6. The second-order valence-corrected chi connectivity index (χ2v) is 22.8. The Morgan fingerprint density at radius 2 is 0.644 bits per heavy atom. The summed E-state index contributed by atoms with van der Waals surface area (Å²) in [7, 11) is 0. The molecule has 0 aliphatic carbocycles. The first kappa shape index (κ1) is 71.3. The molecule has 6 heteroatoms. The van der Waals surface area contributed by atoms with E-state index >= 15 is 0 Å². The fourth-order valence-electron chi connectivity index (χ4n) is 10.4. The molecule has 2 unspecified atom stereocenters. The minimum atomic E-state index is -0.847. The van der Waals surface area contributed by atoms with Crippen LogP contribution >= 0.6 is 0 Å². The van der Waals surface area contributed by atoms with Gasteiger partial charge >= 0.3 is 5.97 Å². The lowest BCUT2D eigenvalue weighted by molar-refractivity contribution is -0.143. The Balaban J connectivity index is 3.42. The molecule has 0 radical (unpaired) electrons. The third kappa shape index (κ3) is 59.4. The number of unbranched alkanes of at least 4 members (excludes halogenated alkanes) is 49. The molecule has 0 heterocycles. The van der Waals surface area contributed by atoms with Gasteiger partial charge in [0, 0.05) is 12.8 Å². The molecule has 2 atom stereocenters. The number of hydrogen-bond donors (Lipinski definition) is 3. The van der Waals surface area contributed by atoms with Gasteiger partial charge in [0.1, 0.15) is 0 Å². The number of aliphatic hydroxyl groups excluding tert-OH is 2. The number of amides is 1. The molecular formula is C67H129NO5. The number of esters is 1. The number of nitrogens with one attached hydrogen (secondary N) is 1. The van der Waals surface area contributed by atoms with Crippen molar-refractivity contribution >= 4 is 11.9 Å². The van der Waals surface area contributed by atoms with Gasteiger partial charge in [-0.15, -0.1) is 0 Å². The topological polar surface area (TPSA) is 95.9 Å². The molecule has 0 spiro atoms. The summed E-state index contributed by atoms with van der Waals surface area (Å²) in [6.45, 7) is 4.92. The van der Waals surface area contributed by atoms with E-state index in [1.54, 1.807) is 6.08 Å². The monoisotopic (exact) mass is 1030 g/mol. The van der Waals surface area contributed by atoms with E-state index in [-0.39, 0.29) is 18.5 Å². The number of ether oxygens (including phenoxy) is 1. The van der Waals surface area contributed by atoms with E-state index in [2.05, 4.69) is 31.3 Å². The summed E-state index contributed by atoms with van der Waals surface area (Å²) in [5.41, 5.74) is 0. The van der Waals surface area contributed by atoms with Gasteiger partial charge in [-0.2, -0.15) is 0 Å². The Morgan fingerprint density at radius 1 is 0.370 bits per heavy atom. The van der Waals surface area contributed by atoms with Crippen LogP contribution in [0.3, 0.4) is 0 Å². The predicted octanol–water partition coefficient (Wildman–Crippen LogP) is 21.0. The van der Waals surface area contributed by atoms with Gasteiger partial charge in [-0.25, -0.2) is 0 Å². The maximum atomic E-state index is 12.5. The van der Waals surface area contributed by atoms with Crippen molar-refractivity contribution < 1.29 is 24.5 Å². The molecule has 0 aromatic rings. The molecule has 0 rings (SSSR count). The molecular weight excluding hydrogens is 899 g/mol. The first-order valence-electron chi connectivity index (χ1n) is 33.1. The van der Waals surface area contributed by atoms with Crippen molar-refractivity contribution in [1.82, 2.24) is 5.32 Å². The van der Waals surface area contributed by atoms with Crippen LogP contribution in [0.5, 0.6) is 0 Å². The standard InChI is InChI=1S/C67H129NO5/c1-3-5-7-9-11-13-15-17-19-21-22-24-28-31-35-39-43-47-51-55-59-65(70)64(63-69)68-66(71)60-56-52-48-44-40-36-32-29-25-23-26-30-34-38-42-46-50-54-58-62-73-67(72)61-57-53-49-45-41-37-33-27-20-18-16-14-12-10-8-6-4-2/h18,20,55,59,64-65,69-70H,3-17,19,21-54,56-58,60-63H2,1-2H3,(H,68,71)/b20-18-,59-55+. The minimum absolute atomic E-state index is 0.00575. The molecule has 432 valence electrons. The van der Waals surface area contributed by atoms with Gasteiger partial charge in [0.05, 0.1) is 25.4 Å². The Labute approximate surface area is 456 Å². The number of carbonyl (C=O) groups is 2. The van der Waals surface area contributed by atoms with Gasteiger partial charge in [-0.1, -0.05) is 321 Å². The first-order chi connectivity index (χ1) is 36.0. The number of rotatable bonds is 62. The van der Waals surface area contributed by atoms with E-state index in [0.717, 1.165) is 44.9 Å². The zero-order chi connectivity index (χ0) is 52.9.